The molecule has 0 saturated heterocycles. The Morgan fingerprint density at radius 1 is 1.23 bits per heavy atom. The lowest BCUT2D eigenvalue weighted by Gasteiger charge is -2.19. The number of methoxy groups -OCH3 is 1. The van der Waals surface area contributed by atoms with Crippen molar-refractivity contribution in [1.82, 2.24) is 0 Å². The summed E-state index contributed by atoms with van der Waals surface area (Å²) in [6, 6.07) is 11.1. The SMILES string of the molecule is COCC1=C([C@H](O)CC/C(C)=C/c2ccc(O)c3ccccc23)[C@H](CO)S(=O)(=O)C1. The van der Waals surface area contributed by atoms with E-state index >= 15 is 0 Å². The van der Waals surface area contributed by atoms with Gasteiger partial charge in [-0.25, -0.2) is 8.42 Å². The quantitative estimate of drug-likeness (QED) is 0.554. The molecule has 0 bridgehead atoms. The molecule has 0 saturated carbocycles. The van der Waals surface area contributed by atoms with Gasteiger partial charge >= 0.3 is 0 Å². The molecular weight excluding hydrogens is 404 g/mol. The van der Waals surface area contributed by atoms with Gasteiger partial charge in [0.05, 0.1) is 25.1 Å². The second-order valence-corrected chi connectivity index (χ2v) is 9.92. The Balaban J connectivity index is 1.79. The molecule has 30 heavy (non-hydrogen) atoms. The third-order valence-corrected chi connectivity index (χ3v) is 7.58. The number of aliphatic hydroxyl groups is 2. The second-order valence-electron chi connectivity index (χ2n) is 7.73. The minimum absolute atomic E-state index is 0.121. The van der Waals surface area contributed by atoms with Crippen LogP contribution in [0.25, 0.3) is 16.8 Å². The number of sulfone groups is 1. The van der Waals surface area contributed by atoms with Crippen LogP contribution in [0.4, 0.5) is 0 Å². The van der Waals surface area contributed by atoms with Crippen LogP contribution in [-0.4, -0.2) is 61.2 Å². The summed E-state index contributed by atoms with van der Waals surface area (Å²) in [5.41, 5.74) is 2.89. The number of fused-ring (bicyclic) bond motifs is 1. The monoisotopic (exact) mass is 432 g/mol. The fourth-order valence-corrected chi connectivity index (χ4v) is 5.97. The Hall–Kier alpha value is -2.19. The summed E-state index contributed by atoms with van der Waals surface area (Å²) in [6.45, 7) is 1.53. The van der Waals surface area contributed by atoms with E-state index in [2.05, 4.69) is 0 Å². The Bertz CT molecular complexity index is 1080. The summed E-state index contributed by atoms with van der Waals surface area (Å²) < 4.78 is 29.7. The molecule has 0 aromatic heterocycles. The van der Waals surface area contributed by atoms with E-state index < -0.39 is 27.8 Å². The van der Waals surface area contributed by atoms with Crippen LogP contribution in [0.5, 0.6) is 5.75 Å². The number of benzene rings is 2. The van der Waals surface area contributed by atoms with E-state index in [0.29, 0.717) is 24.0 Å². The van der Waals surface area contributed by atoms with Crippen LogP contribution in [0.3, 0.4) is 0 Å². The number of aliphatic hydroxyl groups excluding tert-OH is 2. The minimum atomic E-state index is -3.52. The van der Waals surface area contributed by atoms with Crippen molar-refractivity contribution in [3.05, 3.63) is 58.7 Å². The Kier molecular flexibility index (Phi) is 6.98. The van der Waals surface area contributed by atoms with Gasteiger partial charge in [0.2, 0.25) is 0 Å². The Morgan fingerprint density at radius 3 is 2.60 bits per heavy atom. The molecule has 2 aromatic rings. The first-order valence-electron chi connectivity index (χ1n) is 9.87. The van der Waals surface area contributed by atoms with Crippen molar-refractivity contribution in [2.75, 3.05) is 26.1 Å². The fourth-order valence-electron chi connectivity index (χ4n) is 4.10. The third kappa shape index (κ3) is 4.59. The van der Waals surface area contributed by atoms with Gasteiger partial charge in [-0.3, -0.25) is 0 Å². The molecule has 0 fully saturated rings. The number of phenols is 1. The number of hydrogen-bond acceptors (Lipinski definition) is 6. The van der Waals surface area contributed by atoms with Gasteiger partial charge in [0.1, 0.15) is 11.0 Å². The van der Waals surface area contributed by atoms with E-state index in [9.17, 15) is 23.7 Å². The molecule has 0 radical (unpaired) electrons. The highest BCUT2D eigenvalue weighted by Crippen LogP contribution is 2.33. The molecular formula is C23H28O6S. The van der Waals surface area contributed by atoms with E-state index in [1.807, 2.05) is 43.3 Å². The summed E-state index contributed by atoms with van der Waals surface area (Å²) in [5, 5.41) is 31.0. The maximum absolute atomic E-state index is 12.3. The first kappa shape index (κ1) is 22.5. The van der Waals surface area contributed by atoms with Crippen LogP contribution >= 0.6 is 0 Å². The van der Waals surface area contributed by atoms with Gasteiger partial charge in [-0.15, -0.1) is 0 Å². The van der Waals surface area contributed by atoms with Crippen LogP contribution in [-0.2, 0) is 14.6 Å². The molecule has 1 aliphatic rings. The van der Waals surface area contributed by atoms with Gasteiger partial charge in [0.25, 0.3) is 0 Å². The molecule has 6 nitrogen and oxygen atoms in total. The highest BCUT2D eigenvalue weighted by Gasteiger charge is 2.40. The lowest BCUT2D eigenvalue weighted by molar-refractivity contribution is 0.182. The van der Waals surface area contributed by atoms with Crippen LogP contribution in [0.1, 0.15) is 25.3 Å². The van der Waals surface area contributed by atoms with Crippen molar-refractivity contribution < 1.29 is 28.5 Å². The number of aromatic hydroxyl groups is 1. The highest BCUT2D eigenvalue weighted by molar-refractivity contribution is 7.92. The Morgan fingerprint density at radius 2 is 1.93 bits per heavy atom. The molecule has 3 rings (SSSR count). The molecule has 3 N–H and O–H groups in total. The van der Waals surface area contributed by atoms with E-state index in [4.69, 9.17) is 4.74 Å². The van der Waals surface area contributed by atoms with Gasteiger partial charge in [-0.1, -0.05) is 42.0 Å². The maximum Gasteiger partial charge on any atom is 0.163 e. The van der Waals surface area contributed by atoms with Crippen LogP contribution in [0.2, 0.25) is 0 Å². The van der Waals surface area contributed by atoms with Crippen molar-refractivity contribution in [3.8, 4) is 5.75 Å². The van der Waals surface area contributed by atoms with E-state index in [-0.39, 0.29) is 18.1 Å². The molecule has 0 amide bonds. The zero-order chi connectivity index (χ0) is 21.9. The topological polar surface area (TPSA) is 104 Å². The van der Waals surface area contributed by atoms with Gasteiger partial charge in [-0.05, 0) is 47.9 Å². The number of ether oxygens (including phenoxy) is 1. The first-order chi connectivity index (χ1) is 14.3. The van der Waals surface area contributed by atoms with Crippen LogP contribution in [0.15, 0.2) is 53.1 Å². The summed E-state index contributed by atoms with van der Waals surface area (Å²) in [4.78, 5) is 0. The predicted molar refractivity (Wildman–Crippen MR) is 118 cm³/mol. The summed E-state index contributed by atoms with van der Waals surface area (Å²) >= 11 is 0. The summed E-state index contributed by atoms with van der Waals surface area (Å²) in [7, 11) is -2.04. The Labute approximate surface area is 177 Å². The summed E-state index contributed by atoms with van der Waals surface area (Å²) in [6.07, 6.45) is 1.93. The average Bonchev–Trinajstić information content (AvgIpc) is 2.98. The van der Waals surface area contributed by atoms with Crippen molar-refractivity contribution in [3.63, 3.8) is 0 Å². The number of hydrogen-bond donors (Lipinski definition) is 3. The van der Waals surface area contributed by atoms with Gasteiger partial charge in [-0.2, -0.15) is 0 Å². The van der Waals surface area contributed by atoms with E-state index in [0.717, 1.165) is 21.9 Å². The molecule has 7 heteroatoms. The standard InChI is InChI=1S/C23H28O6S/c1-15(11-16-8-10-20(25)19-6-4-3-5-18(16)19)7-9-21(26)23-17(13-29-2)14-30(27,28)22(23)12-24/h3-6,8,10-11,21-22,24-26H,7,9,12-14H2,1-2H3/b15-11+/t21-,22+/m1/s1. The number of rotatable bonds is 8. The molecule has 162 valence electrons. The lowest BCUT2D eigenvalue weighted by Crippen LogP contribution is -2.29. The summed E-state index contributed by atoms with van der Waals surface area (Å²) in [5.74, 6) is 0.0400. The van der Waals surface area contributed by atoms with Gasteiger partial charge < -0.3 is 20.1 Å². The lowest BCUT2D eigenvalue weighted by atomic mass is 9.95. The molecule has 0 aliphatic carbocycles. The average molecular weight is 433 g/mol. The second kappa shape index (κ2) is 9.31. The number of allylic oxidation sites excluding steroid dienone is 1. The molecule has 1 aliphatic heterocycles. The molecule has 2 atom stereocenters. The van der Waals surface area contributed by atoms with Crippen molar-refractivity contribution in [1.29, 1.82) is 0 Å². The van der Waals surface area contributed by atoms with Crippen molar-refractivity contribution >= 4 is 26.7 Å². The maximum atomic E-state index is 12.3. The van der Waals surface area contributed by atoms with Gasteiger partial charge in [0, 0.05) is 12.5 Å². The molecule has 1 heterocycles. The molecule has 0 unspecified atom stereocenters. The zero-order valence-corrected chi connectivity index (χ0v) is 18.0. The van der Waals surface area contributed by atoms with Crippen LogP contribution in [0, 0.1) is 0 Å². The van der Waals surface area contributed by atoms with E-state index in [1.54, 1.807) is 6.07 Å². The normalized spacial score (nSPS) is 20.1. The molecule has 0 spiro atoms. The zero-order valence-electron chi connectivity index (χ0n) is 17.2. The predicted octanol–water partition coefficient (Wildman–Crippen LogP) is 2.82. The molecule has 2 aromatic carbocycles. The van der Waals surface area contributed by atoms with E-state index in [1.165, 1.54) is 7.11 Å². The minimum Gasteiger partial charge on any atom is -0.507 e. The largest absolute Gasteiger partial charge is 0.507 e. The smallest absolute Gasteiger partial charge is 0.163 e. The van der Waals surface area contributed by atoms with Crippen molar-refractivity contribution in [2.45, 2.75) is 31.1 Å². The van der Waals surface area contributed by atoms with Crippen LogP contribution < -0.4 is 0 Å². The number of phenolic OH excluding ortho intramolecular Hbond substituents is 1. The fraction of sp³-hybridized carbons (Fsp3) is 0.391. The third-order valence-electron chi connectivity index (χ3n) is 5.56. The first-order valence-corrected chi connectivity index (χ1v) is 11.6. The van der Waals surface area contributed by atoms with Crippen molar-refractivity contribution in [2.24, 2.45) is 0 Å². The highest BCUT2D eigenvalue weighted by atomic mass is 32.2. The van der Waals surface area contributed by atoms with Gasteiger partial charge in [0.15, 0.2) is 9.84 Å².